The molecule has 0 aromatic carbocycles. The Bertz CT molecular complexity index is 197. The predicted molar refractivity (Wildman–Crippen MR) is 49.0 cm³/mol. The SMILES string of the molecule is CNCc1ccnn1CI. The van der Waals surface area contributed by atoms with Gasteiger partial charge in [-0.1, -0.05) is 22.6 Å². The summed E-state index contributed by atoms with van der Waals surface area (Å²) >= 11 is 2.29. The van der Waals surface area contributed by atoms with Crippen molar-refractivity contribution >= 4 is 22.6 Å². The van der Waals surface area contributed by atoms with Crippen molar-refractivity contribution in [2.75, 3.05) is 7.05 Å². The highest BCUT2D eigenvalue weighted by Gasteiger charge is 1.96. The van der Waals surface area contributed by atoms with Gasteiger partial charge in [0, 0.05) is 12.7 Å². The van der Waals surface area contributed by atoms with Crippen LogP contribution in [-0.4, -0.2) is 16.8 Å². The van der Waals surface area contributed by atoms with E-state index in [0.29, 0.717) is 0 Å². The molecule has 0 saturated carbocycles. The van der Waals surface area contributed by atoms with Gasteiger partial charge in [0.1, 0.15) is 0 Å². The molecule has 1 aromatic heterocycles. The van der Waals surface area contributed by atoms with Crippen LogP contribution in [0.4, 0.5) is 0 Å². The molecule has 1 heterocycles. The zero-order valence-electron chi connectivity index (χ0n) is 5.84. The van der Waals surface area contributed by atoms with Crippen LogP contribution in [0.25, 0.3) is 0 Å². The smallest absolute Gasteiger partial charge is 0.0927 e. The number of hydrogen-bond donors (Lipinski definition) is 1. The van der Waals surface area contributed by atoms with Crippen molar-refractivity contribution in [2.45, 2.75) is 11.1 Å². The first kappa shape index (κ1) is 8.00. The third kappa shape index (κ3) is 1.69. The lowest BCUT2D eigenvalue weighted by Gasteiger charge is -2.00. The number of alkyl halides is 1. The topological polar surface area (TPSA) is 29.9 Å². The van der Waals surface area contributed by atoms with E-state index in [1.54, 1.807) is 0 Å². The van der Waals surface area contributed by atoms with Crippen molar-refractivity contribution in [3.8, 4) is 0 Å². The first-order chi connectivity index (χ1) is 4.88. The Kier molecular flexibility index (Phi) is 3.14. The van der Waals surface area contributed by atoms with Crippen LogP contribution in [0.5, 0.6) is 0 Å². The summed E-state index contributed by atoms with van der Waals surface area (Å²) in [5, 5.41) is 7.20. The molecule has 0 bridgehead atoms. The highest BCUT2D eigenvalue weighted by Crippen LogP contribution is 2.00. The van der Waals surface area contributed by atoms with E-state index in [2.05, 4.69) is 33.0 Å². The van der Waals surface area contributed by atoms with Gasteiger partial charge in [0.15, 0.2) is 0 Å². The molecule has 0 amide bonds. The Balaban J connectivity index is 2.70. The van der Waals surface area contributed by atoms with Crippen LogP contribution in [0, 0.1) is 0 Å². The van der Waals surface area contributed by atoms with E-state index in [9.17, 15) is 0 Å². The van der Waals surface area contributed by atoms with Crippen LogP contribution >= 0.6 is 22.6 Å². The molecule has 1 aromatic rings. The fourth-order valence-corrected chi connectivity index (χ4v) is 1.41. The van der Waals surface area contributed by atoms with Crippen LogP contribution in [-0.2, 0) is 11.1 Å². The molecule has 0 atom stereocenters. The standard InChI is InChI=1S/C6H10IN3/c1-8-4-6-2-3-9-10(6)5-7/h2-3,8H,4-5H2,1H3. The first-order valence-electron chi connectivity index (χ1n) is 3.09. The van der Waals surface area contributed by atoms with E-state index in [4.69, 9.17) is 0 Å². The largest absolute Gasteiger partial charge is 0.314 e. The van der Waals surface area contributed by atoms with E-state index in [1.165, 1.54) is 5.69 Å². The van der Waals surface area contributed by atoms with E-state index < -0.39 is 0 Å². The molecule has 0 aliphatic rings. The third-order valence-corrected chi connectivity index (χ3v) is 1.92. The Morgan fingerprint density at radius 1 is 1.80 bits per heavy atom. The minimum absolute atomic E-state index is 0.892. The van der Waals surface area contributed by atoms with Gasteiger partial charge in [0.2, 0.25) is 0 Å². The minimum Gasteiger partial charge on any atom is -0.314 e. The molecule has 0 spiro atoms. The zero-order chi connectivity index (χ0) is 7.40. The molecule has 56 valence electrons. The molecular weight excluding hydrogens is 241 g/mol. The minimum atomic E-state index is 0.892. The van der Waals surface area contributed by atoms with Crippen LogP contribution < -0.4 is 5.32 Å². The number of rotatable bonds is 3. The second-order valence-corrected chi connectivity index (χ2v) is 2.65. The van der Waals surface area contributed by atoms with Crippen LogP contribution in [0.15, 0.2) is 12.3 Å². The number of hydrogen-bond acceptors (Lipinski definition) is 2. The second kappa shape index (κ2) is 3.92. The fraction of sp³-hybridized carbons (Fsp3) is 0.500. The van der Waals surface area contributed by atoms with Crippen molar-refractivity contribution in [3.05, 3.63) is 18.0 Å². The summed E-state index contributed by atoms with van der Waals surface area (Å²) < 4.78 is 2.89. The molecule has 10 heavy (non-hydrogen) atoms. The van der Waals surface area contributed by atoms with Gasteiger partial charge in [0.25, 0.3) is 0 Å². The lowest BCUT2D eigenvalue weighted by Crippen LogP contribution is -2.10. The highest BCUT2D eigenvalue weighted by atomic mass is 127. The van der Waals surface area contributed by atoms with E-state index in [0.717, 1.165) is 11.1 Å². The van der Waals surface area contributed by atoms with Gasteiger partial charge in [-0.15, -0.1) is 0 Å². The summed E-state index contributed by atoms with van der Waals surface area (Å²) in [6.45, 7) is 0.892. The molecule has 1 N–H and O–H groups in total. The van der Waals surface area contributed by atoms with Crippen LogP contribution in [0.2, 0.25) is 0 Å². The van der Waals surface area contributed by atoms with Gasteiger partial charge in [-0.3, -0.25) is 4.68 Å². The Morgan fingerprint density at radius 2 is 2.60 bits per heavy atom. The van der Waals surface area contributed by atoms with Crippen molar-refractivity contribution in [1.82, 2.24) is 15.1 Å². The first-order valence-corrected chi connectivity index (χ1v) is 4.62. The quantitative estimate of drug-likeness (QED) is 0.641. The molecule has 0 fully saturated rings. The molecule has 0 unspecified atom stereocenters. The van der Waals surface area contributed by atoms with Gasteiger partial charge in [-0.05, 0) is 13.1 Å². The lowest BCUT2D eigenvalue weighted by atomic mass is 10.4. The van der Waals surface area contributed by atoms with Crippen LogP contribution in [0.3, 0.4) is 0 Å². The molecule has 0 radical (unpaired) electrons. The third-order valence-electron chi connectivity index (χ3n) is 1.28. The predicted octanol–water partition coefficient (Wildman–Crippen LogP) is 0.995. The maximum absolute atomic E-state index is 4.12. The van der Waals surface area contributed by atoms with Gasteiger partial charge >= 0.3 is 0 Å². The molecule has 0 aliphatic heterocycles. The van der Waals surface area contributed by atoms with Gasteiger partial charge < -0.3 is 5.32 Å². The highest BCUT2D eigenvalue weighted by molar-refractivity contribution is 14.1. The summed E-state index contributed by atoms with van der Waals surface area (Å²) in [6, 6.07) is 2.02. The molecular formula is C6H10IN3. The summed E-state index contributed by atoms with van der Waals surface area (Å²) in [5.41, 5.74) is 1.23. The lowest BCUT2D eigenvalue weighted by molar-refractivity contribution is 0.672. The number of nitrogens with one attached hydrogen (secondary N) is 1. The number of nitrogens with zero attached hydrogens (tertiary/aromatic N) is 2. The van der Waals surface area contributed by atoms with E-state index in [1.807, 2.05) is 24.0 Å². The van der Waals surface area contributed by atoms with Crippen molar-refractivity contribution < 1.29 is 0 Å². The molecule has 0 aliphatic carbocycles. The Morgan fingerprint density at radius 3 is 3.20 bits per heavy atom. The van der Waals surface area contributed by atoms with Crippen molar-refractivity contribution in [3.63, 3.8) is 0 Å². The molecule has 0 saturated heterocycles. The summed E-state index contributed by atoms with van der Waals surface area (Å²) in [5.74, 6) is 0. The Labute approximate surface area is 73.9 Å². The average molecular weight is 251 g/mol. The molecule has 3 nitrogen and oxygen atoms in total. The van der Waals surface area contributed by atoms with Crippen LogP contribution in [0.1, 0.15) is 5.69 Å². The summed E-state index contributed by atoms with van der Waals surface area (Å²) in [6.07, 6.45) is 1.82. The molecule has 4 heteroatoms. The van der Waals surface area contributed by atoms with E-state index in [-0.39, 0.29) is 0 Å². The molecule has 1 rings (SSSR count). The summed E-state index contributed by atoms with van der Waals surface area (Å²) in [4.78, 5) is 0. The number of halogens is 1. The maximum Gasteiger partial charge on any atom is 0.0927 e. The monoisotopic (exact) mass is 251 g/mol. The van der Waals surface area contributed by atoms with Gasteiger partial charge in [-0.2, -0.15) is 5.10 Å². The Hall–Kier alpha value is -0.100. The average Bonchev–Trinajstić information content (AvgIpc) is 2.36. The van der Waals surface area contributed by atoms with Crippen molar-refractivity contribution in [1.29, 1.82) is 0 Å². The van der Waals surface area contributed by atoms with Crippen molar-refractivity contribution in [2.24, 2.45) is 0 Å². The number of aromatic nitrogens is 2. The zero-order valence-corrected chi connectivity index (χ0v) is 8.00. The second-order valence-electron chi connectivity index (χ2n) is 1.97. The van der Waals surface area contributed by atoms with Gasteiger partial charge in [0.05, 0.1) is 10.2 Å². The fourth-order valence-electron chi connectivity index (χ4n) is 0.799. The summed E-state index contributed by atoms with van der Waals surface area (Å²) in [7, 11) is 1.94. The van der Waals surface area contributed by atoms with Gasteiger partial charge in [-0.25, -0.2) is 0 Å². The maximum atomic E-state index is 4.12. The normalized spacial score (nSPS) is 10.2. The van der Waals surface area contributed by atoms with E-state index >= 15 is 0 Å².